The lowest BCUT2D eigenvalue weighted by Crippen LogP contribution is -2.41. The fraction of sp³-hybridized carbons (Fsp3) is 0.643. The van der Waals surface area contributed by atoms with Crippen LogP contribution in [0.1, 0.15) is 33.6 Å². The van der Waals surface area contributed by atoms with Gasteiger partial charge in [-0.1, -0.05) is 0 Å². The van der Waals surface area contributed by atoms with Crippen LogP contribution in [0.3, 0.4) is 0 Å². The van der Waals surface area contributed by atoms with Crippen LogP contribution in [-0.2, 0) is 4.74 Å². The van der Waals surface area contributed by atoms with E-state index in [1.165, 1.54) is 0 Å². The van der Waals surface area contributed by atoms with E-state index in [1.807, 2.05) is 32.9 Å². The third-order valence-corrected chi connectivity index (χ3v) is 3.09. The fourth-order valence-corrected chi connectivity index (χ4v) is 2.11. The lowest BCUT2D eigenvalue weighted by atomic mass is 9.89. The molecule has 0 aliphatic heterocycles. The van der Waals surface area contributed by atoms with Crippen LogP contribution in [0, 0.1) is 0 Å². The predicted octanol–water partition coefficient (Wildman–Crippen LogP) is 2.43. The first-order chi connectivity index (χ1) is 9.08. The monoisotopic (exact) mass is 265 g/mol. The van der Waals surface area contributed by atoms with Crippen molar-refractivity contribution in [2.45, 2.75) is 51.9 Å². The van der Waals surface area contributed by atoms with Gasteiger partial charge in [0.05, 0.1) is 17.9 Å². The number of hydrogen-bond donors (Lipinski definition) is 2. The van der Waals surface area contributed by atoms with Crippen LogP contribution in [0.25, 0.3) is 0 Å². The van der Waals surface area contributed by atoms with Gasteiger partial charge >= 0.3 is 0 Å². The van der Waals surface area contributed by atoms with Crippen LogP contribution >= 0.6 is 0 Å². The van der Waals surface area contributed by atoms with Gasteiger partial charge in [0.15, 0.2) is 0 Å². The molecule has 1 saturated carbocycles. The molecule has 0 atom stereocenters. The number of hydrogen-bond acceptors (Lipinski definition) is 5. The molecular weight excluding hydrogens is 242 g/mol. The summed E-state index contributed by atoms with van der Waals surface area (Å²) in [4.78, 5) is 4.41. The molecule has 1 aliphatic carbocycles. The first-order valence-corrected chi connectivity index (χ1v) is 6.89. The van der Waals surface area contributed by atoms with Crippen LogP contribution < -0.4 is 15.8 Å². The quantitative estimate of drug-likeness (QED) is 0.826. The van der Waals surface area contributed by atoms with E-state index in [1.54, 1.807) is 0 Å². The van der Waals surface area contributed by atoms with Crippen molar-refractivity contribution in [1.82, 2.24) is 4.98 Å². The van der Waals surface area contributed by atoms with E-state index in [4.69, 9.17) is 15.2 Å². The Balaban J connectivity index is 1.91. The minimum absolute atomic E-state index is 0.0658. The largest absolute Gasteiger partial charge is 0.473 e. The smallest absolute Gasteiger partial charge is 0.239 e. The van der Waals surface area contributed by atoms with E-state index in [9.17, 15) is 0 Å². The van der Waals surface area contributed by atoms with E-state index in [0.717, 1.165) is 25.3 Å². The second-order valence-corrected chi connectivity index (χ2v) is 5.15. The predicted molar refractivity (Wildman–Crippen MR) is 76.5 cm³/mol. The van der Waals surface area contributed by atoms with Crippen LogP contribution in [0.5, 0.6) is 5.88 Å². The van der Waals surface area contributed by atoms with Crippen molar-refractivity contribution >= 4 is 11.5 Å². The summed E-state index contributed by atoms with van der Waals surface area (Å²) in [5.41, 5.74) is 6.41. The molecule has 0 aromatic carbocycles. The normalized spacial score (nSPS) is 22.1. The number of rotatable bonds is 6. The maximum Gasteiger partial charge on any atom is 0.239 e. The maximum atomic E-state index is 5.84. The third-order valence-electron chi connectivity index (χ3n) is 3.09. The zero-order chi connectivity index (χ0) is 13.8. The summed E-state index contributed by atoms with van der Waals surface area (Å²) in [5, 5.41) is 3.38. The first-order valence-electron chi connectivity index (χ1n) is 6.89. The summed E-state index contributed by atoms with van der Waals surface area (Å²) in [6, 6.07) is 4.14. The molecule has 106 valence electrons. The summed E-state index contributed by atoms with van der Waals surface area (Å²) < 4.78 is 11.1. The third kappa shape index (κ3) is 3.73. The number of aromatic nitrogens is 1. The van der Waals surface area contributed by atoms with Crippen molar-refractivity contribution in [3.63, 3.8) is 0 Å². The molecule has 2 rings (SSSR count). The molecule has 0 saturated heterocycles. The van der Waals surface area contributed by atoms with Crippen molar-refractivity contribution in [3.8, 4) is 5.88 Å². The van der Waals surface area contributed by atoms with Crippen molar-refractivity contribution in [3.05, 3.63) is 12.1 Å². The van der Waals surface area contributed by atoms with E-state index in [2.05, 4.69) is 10.3 Å². The number of pyridine rings is 1. The second kappa shape index (κ2) is 6.10. The number of ether oxygens (including phenoxy) is 2. The van der Waals surface area contributed by atoms with Gasteiger partial charge < -0.3 is 20.5 Å². The zero-order valence-electron chi connectivity index (χ0n) is 11.8. The molecule has 3 N–H and O–H groups in total. The molecule has 5 nitrogen and oxygen atoms in total. The van der Waals surface area contributed by atoms with Crippen molar-refractivity contribution in [2.24, 2.45) is 0 Å². The van der Waals surface area contributed by atoms with E-state index in [0.29, 0.717) is 23.7 Å². The molecule has 0 bridgehead atoms. The van der Waals surface area contributed by atoms with Crippen LogP contribution in [0.4, 0.5) is 11.5 Å². The van der Waals surface area contributed by atoms with E-state index >= 15 is 0 Å². The molecule has 0 spiro atoms. The van der Waals surface area contributed by atoms with Crippen LogP contribution in [0.15, 0.2) is 12.1 Å². The second-order valence-electron chi connectivity index (χ2n) is 5.15. The number of nitrogens with one attached hydrogen (secondary N) is 1. The lowest BCUT2D eigenvalue weighted by molar-refractivity contribution is 0.00292. The topological polar surface area (TPSA) is 69.4 Å². The maximum absolute atomic E-state index is 5.84. The van der Waals surface area contributed by atoms with Gasteiger partial charge in [0.25, 0.3) is 0 Å². The molecular formula is C14H23N3O2. The standard InChI is InChI=1S/C14H23N3O2/c1-4-18-11-7-10(8-11)16-13-6-5-12(15)14(17-13)19-9(2)3/h5-6,9-11H,4,7-8,15H2,1-3H3,(H,16,17). The van der Waals surface area contributed by atoms with Crippen LogP contribution in [0.2, 0.25) is 0 Å². The van der Waals surface area contributed by atoms with Gasteiger partial charge in [0.1, 0.15) is 5.82 Å². The molecule has 0 amide bonds. The Morgan fingerprint density at radius 2 is 2.16 bits per heavy atom. The number of anilines is 2. The van der Waals surface area contributed by atoms with Gasteiger partial charge in [0, 0.05) is 12.6 Å². The lowest BCUT2D eigenvalue weighted by Gasteiger charge is -2.35. The molecule has 5 heteroatoms. The summed E-state index contributed by atoms with van der Waals surface area (Å²) in [7, 11) is 0. The number of nitrogens with zero attached hydrogens (tertiary/aromatic N) is 1. The molecule has 1 aromatic heterocycles. The van der Waals surface area contributed by atoms with Gasteiger partial charge in [-0.2, -0.15) is 4.98 Å². The van der Waals surface area contributed by atoms with E-state index < -0.39 is 0 Å². The molecule has 0 radical (unpaired) electrons. The summed E-state index contributed by atoms with van der Waals surface area (Å²) in [6.07, 6.45) is 2.51. The number of nitrogens with two attached hydrogens (primary N) is 1. The zero-order valence-corrected chi connectivity index (χ0v) is 11.8. The Hall–Kier alpha value is -1.49. The van der Waals surface area contributed by atoms with Gasteiger partial charge in [-0.15, -0.1) is 0 Å². The Morgan fingerprint density at radius 3 is 2.79 bits per heavy atom. The van der Waals surface area contributed by atoms with Gasteiger partial charge in [0.2, 0.25) is 5.88 Å². The van der Waals surface area contributed by atoms with Gasteiger partial charge in [-0.05, 0) is 45.7 Å². The summed E-state index contributed by atoms with van der Waals surface area (Å²) in [5.74, 6) is 1.31. The highest BCUT2D eigenvalue weighted by Gasteiger charge is 2.29. The average molecular weight is 265 g/mol. The molecule has 1 aromatic rings. The van der Waals surface area contributed by atoms with Gasteiger partial charge in [-0.25, -0.2) is 0 Å². The van der Waals surface area contributed by atoms with Crippen molar-refractivity contribution < 1.29 is 9.47 Å². The molecule has 1 aliphatic rings. The summed E-state index contributed by atoms with van der Waals surface area (Å²) >= 11 is 0. The Bertz CT molecular complexity index is 417. The summed E-state index contributed by atoms with van der Waals surface area (Å²) in [6.45, 7) is 6.72. The fourth-order valence-electron chi connectivity index (χ4n) is 2.11. The van der Waals surface area contributed by atoms with Crippen molar-refractivity contribution in [2.75, 3.05) is 17.7 Å². The minimum Gasteiger partial charge on any atom is -0.473 e. The molecule has 19 heavy (non-hydrogen) atoms. The molecule has 1 fully saturated rings. The molecule has 1 heterocycles. The Morgan fingerprint density at radius 1 is 1.42 bits per heavy atom. The first kappa shape index (κ1) is 13.9. The minimum atomic E-state index is 0.0658. The molecule has 0 unspecified atom stereocenters. The highest BCUT2D eigenvalue weighted by Crippen LogP contribution is 2.28. The number of nitrogen functional groups attached to an aromatic ring is 1. The van der Waals surface area contributed by atoms with E-state index in [-0.39, 0.29) is 6.10 Å². The van der Waals surface area contributed by atoms with Crippen molar-refractivity contribution in [1.29, 1.82) is 0 Å². The Labute approximate surface area is 114 Å². The highest BCUT2D eigenvalue weighted by atomic mass is 16.5. The van der Waals surface area contributed by atoms with Gasteiger partial charge in [-0.3, -0.25) is 0 Å². The highest BCUT2D eigenvalue weighted by molar-refractivity contribution is 5.54. The van der Waals surface area contributed by atoms with Crippen LogP contribution in [-0.4, -0.2) is 29.8 Å². The average Bonchev–Trinajstić information content (AvgIpc) is 2.30. The Kier molecular flexibility index (Phi) is 4.47. The SMILES string of the molecule is CCOC1CC(Nc2ccc(N)c(OC(C)C)n2)C1.